The monoisotopic (exact) mass is 335 g/mol. The van der Waals surface area contributed by atoms with Crippen LogP contribution in [0.4, 0.5) is 5.69 Å². The largest absolute Gasteiger partial charge is 0.465 e. The van der Waals surface area contributed by atoms with Crippen LogP contribution in [-0.2, 0) is 9.53 Å². The SMILES string of the molecule is COC(=O)c1ccc(Cl)c(NC(=O)CSc2ccccc2)c1. The van der Waals surface area contributed by atoms with Crippen LogP contribution in [0.25, 0.3) is 0 Å². The predicted octanol–water partition coefficient (Wildman–Crippen LogP) is 3.86. The lowest BCUT2D eigenvalue weighted by molar-refractivity contribution is -0.113. The van der Waals surface area contributed by atoms with Crippen LogP contribution >= 0.6 is 23.4 Å². The number of halogens is 1. The van der Waals surface area contributed by atoms with Crippen LogP contribution in [0.15, 0.2) is 53.4 Å². The van der Waals surface area contributed by atoms with E-state index >= 15 is 0 Å². The summed E-state index contributed by atoms with van der Waals surface area (Å²) in [5.74, 6) is -0.424. The van der Waals surface area contributed by atoms with Crippen LogP contribution in [-0.4, -0.2) is 24.7 Å². The van der Waals surface area contributed by atoms with Crippen molar-refractivity contribution in [1.29, 1.82) is 0 Å². The van der Waals surface area contributed by atoms with Gasteiger partial charge in [-0.15, -0.1) is 11.8 Å². The van der Waals surface area contributed by atoms with Gasteiger partial charge >= 0.3 is 5.97 Å². The summed E-state index contributed by atoms with van der Waals surface area (Å²) in [6.45, 7) is 0. The van der Waals surface area contributed by atoms with E-state index in [2.05, 4.69) is 10.1 Å². The molecule has 0 aromatic heterocycles. The number of anilines is 1. The van der Waals surface area contributed by atoms with Gasteiger partial charge in [0.2, 0.25) is 5.91 Å². The Morgan fingerprint density at radius 1 is 1.18 bits per heavy atom. The van der Waals surface area contributed by atoms with Gasteiger partial charge in [-0.3, -0.25) is 4.79 Å². The van der Waals surface area contributed by atoms with Gasteiger partial charge in [-0.05, 0) is 30.3 Å². The Labute approximate surface area is 137 Å². The number of carbonyl (C=O) groups is 2. The van der Waals surface area contributed by atoms with Crippen LogP contribution in [0.5, 0.6) is 0 Å². The van der Waals surface area contributed by atoms with Crippen molar-refractivity contribution in [2.75, 3.05) is 18.2 Å². The van der Waals surface area contributed by atoms with Gasteiger partial charge in [0, 0.05) is 4.90 Å². The molecule has 22 heavy (non-hydrogen) atoms. The van der Waals surface area contributed by atoms with Crippen LogP contribution in [0, 0.1) is 0 Å². The molecule has 2 rings (SSSR count). The average molecular weight is 336 g/mol. The molecule has 1 amide bonds. The maximum Gasteiger partial charge on any atom is 0.337 e. The molecule has 0 atom stereocenters. The molecule has 4 nitrogen and oxygen atoms in total. The van der Waals surface area contributed by atoms with Gasteiger partial charge in [-0.2, -0.15) is 0 Å². The molecule has 0 saturated carbocycles. The maximum atomic E-state index is 12.0. The summed E-state index contributed by atoms with van der Waals surface area (Å²) in [6.07, 6.45) is 0. The van der Waals surface area contributed by atoms with Gasteiger partial charge in [0.15, 0.2) is 0 Å². The normalized spacial score (nSPS) is 10.1. The van der Waals surface area contributed by atoms with Crippen molar-refractivity contribution in [2.45, 2.75) is 4.90 Å². The molecule has 114 valence electrons. The minimum Gasteiger partial charge on any atom is -0.465 e. The van der Waals surface area contributed by atoms with Crippen LogP contribution in [0.3, 0.4) is 0 Å². The second kappa shape index (κ2) is 7.87. The number of methoxy groups -OCH3 is 1. The number of hydrogen-bond acceptors (Lipinski definition) is 4. The van der Waals surface area contributed by atoms with Crippen molar-refractivity contribution >= 4 is 40.9 Å². The molecule has 0 aliphatic heterocycles. The molecule has 1 N–H and O–H groups in total. The second-order valence-electron chi connectivity index (χ2n) is 4.34. The Balaban J connectivity index is 2.00. The lowest BCUT2D eigenvalue weighted by Crippen LogP contribution is -2.15. The molecule has 2 aromatic rings. The molecule has 0 aliphatic rings. The third kappa shape index (κ3) is 4.51. The first-order chi connectivity index (χ1) is 10.6. The summed E-state index contributed by atoms with van der Waals surface area (Å²) in [7, 11) is 1.30. The third-order valence-corrected chi connectivity index (χ3v) is 4.12. The molecular weight excluding hydrogens is 322 g/mol. The van der Waals surface area contributed by atoms with E-state index in [1.54, 1.807) is 12.1 Å². The van der Waals surface area contributed by atoms with Crippen LogP contribution in [0.1, 0.15) is 10.4 Å². The summed E-state index contributed by atoms with van der Waals surface area (Å²) in [4.78, 5) is 24.5. The van der Waals surface area contributed by atoms with Crippen LogP contribution < -0.4 is 5.32 Å². The summed E-state index contributed by atoms with van der Waals surface area (Å²) in [5, 5.41) is 3.07. The van der Waals surface area contributed by atoms with E-state index < -0.39 is 5.97 Å². The average Bonchev–Trinajstić information content (AvgIpc) is 2.55. The summed E-state index contributed by atoms with van der Waals surface area (Å²) in [6, 6.07) is 14.2. The molecule has 0 heterocycles. The fraction of sp³-hybridized carbons (Fsp3) is 0.125. The molecule has 0 spiro atoms. The van der Waals surface area contributed by atoms with E-state index in [1.807, 2.05) is 30.3 Å². The van der Waals surface area contributed by atoms with Gasteiger partial charge < -0.3 is 10.1 Å². The van der Waals surface area contributed by atoms with Crippen molar-refractivity contribution in [2.24, 2.45) is 0 Å². The van der Waals surface area contributed by atoms with Crippen molar-refractivity contribution in [3.8, 4) is 0 Å². The molecule has 0 aliphatic carbocycles. The second-order valence-corrected chi connectivity index (χ2v) is 5.79. The molecule has 0 saturated heterocycles. The zero-order chi connectivity index (χ0) is 15.9. The van der Waals surface area contributed by atoms with Gasteiger partial charge in [0.1, 0.15) is 0 Å². The highest BCUT2D eigenvalue weighted by atomic mass is 35.5. The standard InChI is InChI=1S/C16H14ClNO3S/c1-21-16(20)11-7-8-13(17)14(9-11)18-15(19)10-22-12-5-3-2-4-6-12/h2-9H,10H2,1H3,(H,18,19). The summed E-state index contributed by atoms with van der Waals surface area (Å²) >= 11 is 7.45. The van der Waals surface area contributed by atoms with Crippen molar-refractivity contribution in [1.82, 2.24) is 0 Å². The van der Waals surface area contributed by atoms with E-state index in [9.17, 15) is 9.59 Å². The van der Waals surface area contributed by atoms with E-state index in [4.69, 9.17) is 11.6 Å². The topological polar surface area (TPSA) is 55.4 Å². The Morgan fingerprint density at radius 3 is 2.59 bits per heavy atom. The molecule has 0 fully saturated rings. The van der Waals surface area contributed by atoms with Crippen molar-refractivity contribution in [3.05, 3.63) is 59.1 Å². The molecule has 0 radical (unpaired) electrons. The van der Waals surface area contributed by atoms with Crippen molar-refractivity contribution in [3.63, 3.8) is 0 Å². The highest BCUT2D eigenvalue weighted by molar-refractivity contribution is 8.00. The number of carbonyl (C=O) groups excluding carboxylic acids is 2. The summed E-state index contributed by atoms with van der Waals surface area (Å²) < 4.78 is 4.64. The van der Waals surface area contributed by atoms with Gasteiger partial charge in [-0.1, -0.05) is 29.8 Å². The Kier molecular flexibility index (Phi) is 5.86. The van der Waals surface area contributed by atoms with Gasteiger partial charge in [0.05, 0.1) is 29.1 Å². The highest BCUT2D eigenvalue weighted by Gasteiger charge is 2.11. The number of benzene rings is 2. The van der Waals surface area contributed by atoms with E-state index in [1.165, 1.54) is 24.9 Å². The minimum absolute atomic E-state index is 0.197. The first kappa shape index (κ1) is 16.4. The smallest absolute Gasteiger partial charge is 0.337 e. The van der Waals surface area contributed by atoms with E-state index in [-0.39, 0.29) is 11.7 Å². The fourth-order valence-electron chi connectivity index (χ4n) is 1.72. The molecule has 6 heteroatoms. The zero-order valence-electron chi connectivity index (χ0n) is 11.8. The number of hydrogen-bond donors (Lipinski definition) is 1. The number of amides is 1. The zero-order valence-corrected chi connectivity index (χ0v) is 13.4. The Morgan fingerprint density at radius 2 is 1.91 bits per heavy atom. The van der Waals surface area contributed by atoms with E-state index in [0.29, 0.717) is 16.3 Å². The first-order valence-corrected chi connectivity index (χ1v) is 7.82. The maximum absolute atomic E-state index is 12.0. The van der Waals surface area contributed by atoms with E-state index in [0.717, 1.165) is 4.90 Å². The third-order valence-electron chi connectivity index (χ3n) is 2.77. The fourth-order valence-corrected chi connectivity index (χ4v) is 2.60. The number of nitrogens with one attached hydrogen (secondary N) is 1. The van der Waals surface area contributed by atoms with Gasteiger partial charge in [-0.25, -0.2) is 4.79 Å². The Hall–Kier alpha value is -1.98. The molecule has 0 bridgehead atoms. The first-order valence-electron chi connectivity index (χ1n) is 6.45. The lowest BCUT2D eigenvalue weighted by atomic mass is 10.2. The minimum atomic E-state index is -0.481. The number of ether oxygens (including phenoxy) is 1. The Bertz CT molecular complexity index is 676. The molecular formula is C16H14ClNO3S. The number of rotatable bonds is 5. The molecule has 2 aromatic carbocycles. The molecule has 0 unspecified atom stereocenters. The predicted molar refractivity (Wildman–Crippen MR) is 88.6 cm³/mol. The van der Waals surface area contributed by atoms with Crippen LogP contribution in [0.2, 0.25) is 5.02 Å². The van der Waals surface area contributed by atoms with Crippen molar-refractivity contribution < 1.29 is 14.3 Å². The quantitative estimate of drug-likeness (QED) is 0.666. The number of thioether (sulfide) groups is 1. The number of esters is 1. The summed E-state index contributed by atoms with van der Waals surface area (Å²) in [5.41, 5.74) is 0.723. The highest BCUT2D eigenvalue weighted by Crippen LogP contribution is 2.24. The van der Waals surface area contributed by atoms with Gasteiger partial charge in [0.25, 0.3) is 0 Å². The lowest BCUT2D eigenvalue weighted by Gasteiger charge is -2.09.